The van der Waals surface area contributed by atoms with Crippen LogP contribution >= 0.6 is 0 Å². The summed E-state index contributed by atoms with van der Waals surface area (Å²) in [5, 5.41) is 0. The second kappa shape index (κ2) is 23.4. The summed E-state index contributed by atoms with van der Waals surface area (Å²) in [6.07, 6.45) is 21.7. The van der Waals surface area contributed by atoms with Crippen LogP contribution in [0.25, 0.3) is 0 Å². The van der Waals surface area contributed by atoms with E-state index in [1.165, 1.54) is 114 Å². The molecule has 0 bridgehead atoms. The average molecular weight is 660 g/mol. The zero-order chi connectivity index (χ0) is 29.7. The molecule has 0 unspecified atom stereocenters. The predicted molar refractivity (Wildman–Crippen MR) is 161 cm³/mol. The number of benzene rings is 2. The zero-order valence-corrected chi connectivity index (χ0v) is 29.9. The van der Waals surface area contributed by atoms with Crippen molar-refractivity contribution in [2.24, 2.45) is 0 Å². The predicted octanol–water partition coefficient (Wildman–Crippen LogP) is 8.55. The van der Waals surface area contributed by atoms with Crippen molar-refractivity contribution >= 4 is 20.2 Å². The molecule has 0 aliphatic heterocycles. The molecule has 2 aromatic rings. The molecule has 0 aromatic heterocycles. The van der Waals surface area contributed by atoms with Crippen molar-refractivity contribution in [3.63, 3.8) is 0 Å². The Morgan fingerprint density at radius 1 is 0.488 bits per heavy atom. The van der Waals surface area contributed by atoms with Gasteiger partial charge in [-0.2, -0.15) is 0 Å². The normalized spacial score (nSPS) is 11.4. The smallest absolute Gasteiger partial charge is 0.744 e. The van der Waals surface area contributed by atoms with Gasteiger partial charge in [-0.1, -0.05) is 128 Å². The van der Waals surface area contributed by atoms with E-state index in [4.69, 9.17) is 0 Å². The third-order valence-corrected chi connectivity index (χ3v) is 8.67. The van der Waals surface area contributed by atoms with Crippen LogP contribution in [0.3, 0.4) is 0 Å². The van der Waals surface area contributed by atoms with Crippen LogP contribution in [-0.4, -0.2) is 25.9 Å². The molecule has 0 saturated carbocycles. The maximum absolute atomic E-state index is 10.9. The monoisotopic (exact) mass is 658 g/mol. The van der Waals surface area contributed by atoms with E-state index in [9.17, 15) is 25.9 Å². The molecule has 2 aromatic carbocycles. The SMILES string of the molecule is CCCCCCCCCCc1cccc(S(=O)(=O)[O-])c1.CCCCCCCCCCc1cccc(S(=O)(=O)[O-])c1.[Zn+2]. The molecule has 0 atom stereocenters. The first kappa shape index (κ1) is 39.9. The Hall–Kier alpha value is -1.12. The summed E-state index contributed by atoms with van der Waals surface area (Å²) in [5.41, 5.74) is 1.88. The van der Waals surface area contributed by atoms with Crippen molar-refractivity contribution in [1.82, 2.24) is 0 Å². The van der Waals surface area contributed by atoms with Gasteiger partial charge in [0, 0.05) is 0 Å². The van der Waals surface area contributed by atoms with Crippen molar-refractivity contribution in [2.75, 3.05) is 0 Å². The average Bonchev–Trinajstić information content (AvgIpc) is 2.91. The molecular formula is C32H50O6S2Zn. The molecule has 9 heteroatoms. The molecular weight excluding hydrogens is 610 g/mol. The van der Waals surface area contributed by atoms with Gasteiger partial charge in [0.1, 0.15) is 20.2 Å². The first-order valence-electron chi connectivity index (χ1n) is 15.2. The minimum absolute atomic E-state index is 0. The number of aryl methyl sites for hydroxylation is 2. The third-order valence-electron chi connectivity index (χ3n) is 7.01. The Balaban J connectivity index is 0.000000762. The molecule has 0 saturated heterocycles. The van der Waals surface area contributed by atoms with Gasteiger partial charge in [-0.25, -0.2) is 16.8 Å². The van der Waals surface area contributed by atoms with Crippen LogP contribution in [0.5, 0.6) is 0 Å². The van der Waals surface area contributed by atoms with Crippen LogP contribution in [0.2, 0.25) is 0 Å². The fourth-order valence-corrected chi connectivity index (χ4v) is 5.72. The van der Waals surface area contributed by atoms with Crippen LogP contribution in [0.4, 0.5) is 0 Å². The van der Waals surface area contributed by atoms with Gasteiger partial charge in [-0.05, 0) is 61.1 Å². The van der Waals surface area contributed by atoms with E-state index in [1.54, 1.807) is 12.1 Å². The van der Waals surface area contributed by atoms with Gasteiger partial charge in [0.25, 0.3) is 0 Å². The van der Waals surface area contributed by atoms with Crippen molar-refractivity contribution in [3.8, 4) is 0 Å². The zero-order valence-electron chi connectivity index (χ0n) is 25.3. The summed E-state index contributed by atoms with van der Waals surface area (Å²) < 4.78 is 65.6. The van der Waals surface area contributed by atoms with Crippen LogP contribution in [0, 0.1) is 0 Å². The van der Waals surface area contributed by atoms with Crippen LogP contribution in [0.1, 0.15) is 128 Å². The number of hydrogen-bond donors (Lipinski definition) is 0. The van der Waals surface area contributed by atoms with Crippen molar-refractivity contribution in [2.45, 2.75) is 139 Å². The maximum atomic E-state index is 10.9. The van der Waals surface area contributed by atoms with E-state index < -0.39 is 20.2 Å². The van der Waals surface area contributed by atoms with Gasteiger partial charge in [-0.15, -0.1) is 0 Å². The molecule has 6 nitrogen and oxygen atoms in total. The molecule has 0 amide bonds. The van der Waals surface area contributed by atoms with E-state index >= 15 is 0 Å². The van der Waals surface area contributed by atoms with Crippen LogP contribution in [-0.2, 0) is 52.6 Å². The Morgan fingerprint density at radius 2 is 0.780 bits per heavy atom. The summed E-state index contributed by atoms with van der Waals surface area (Å²) in [6, 6.07) is 12.8. The molecule has 0 fully saturated rings. The van der Waals surface area contributed by atoms with Crippen molar-refractivity contribution in [3.05, 3.63) is 59.7 Å². The molecule has 0 N–H and O–H groups in total. The second-order valence-corrected chi connectivity index (χ2v) is 13.4. The van der Waals surface area contributed by atoms with Crippen LogP contribution in [0.15, 0.2) is 58.3 Å². The van der Waals surface area contributed by atoms with Gasteiger partial charge in [-0.3, -0.25) is 0 Å². The van der Waals surface area contributed by atoms with E-state index in [1.807, 2.05) is 12.1 Å². The van der Waals surface area contributed by atoms with E-state index in [0.717, 1.165) is 36.8 Å². The molecule has 0 heterocycles. The molecule has 0 radical (unpaired) electrons. The van der Waals surface area contributed by atoms with Gasteiger partial charge in [0.05, 0.1) is 9.79 Å². The Bertz CT molecular complexity index is 1060. The second-order valence-electron chi connectivity index (χ2n) is 10.7. The fraction of sp³-hybridized carbons (Fsp3) is 0.625. The Morgan fingerprint density at radius 3 is 1.07 bits per heavy atom. The minimum Gasteiger partial charge on any atom is -0.744 e. The molecule has 41 heavy (non-hydrogen) atoms. The summed E-state index contributed by atoms with van der Waals surface area (Å²) >= 11 is 0. The Labute approximate surface area is 263 Å². The van der Waals surface area contributed by atoms with Gasteiger partial charge < -0.3 is 9.11 Å². The largest absolute Gasteiger partial charge is 2.00 e. The van der Waals surface area contributed by atoms with Gasteiger partial charge >= 0.3 is 19.5 Å². The molecule has 0 spiro atoms. The standard InChI is InChI=1S/2C16H26O3S.Zn/c2*1-2-3-4-5-6-7-8-9-11-15-12-10-13-16(14-15)20(17,18)19;/h2*10,12-14H,2-9,11H2,1H3,(H,17,18,19);/q;;+2/p-2. The van der Waals surface area contributed by atoms with E-state index in [-0.39, 0.29) is 29.3 Å². The van der Waals surface area contributed by atoms with Crippen molar-refractivity contribution in [1.29, 1.82) is 0 Å². The third kappa shape index (κ3) is 20.4. The fourth-order valence-electron chi connectivity index (χ4n) is 4.64. The van der Waals surface area contributed by atoms with Crippen LogP contribution < -0.4 is 0 Å². The maximum Gasteiger partial charge on any atom is 2.00 e. The van der Waals surface area contributed by atoms with Gasteiger partial charge in [0.2, 0.25) is 0 Å². The number of rotatable bonds is 20. The summed E-state index contributed by atoms with van der Waals surface area (Å²) in [5.74, 6) is 0. The molecule has 228 valence electrons. The minimum atomic E-state index is -4.32. The first-order chi connectivity index (χ1) is 19.1. The quantitative estimate of drug-likeness (QED) is 0.0799. The number of hydrogen-bond acceptors (Lipinski definition) is 6. The first-order valence-corrected chi connectivity index (χ1v) is 18.0. The topological polar surface area (TPSA) is 114 Å². The number of unbranched alkanes of at least 4 members (excludes halogenated alkanes) is 14. The molecule has 2 rings (SSSR count). The molecule has 0 aliphatic rings. The Kier molecular flexibility index (Phi) is 22.7. The summed E-state index contributed by atoms with van der Waals surface area (Å²) in [7, 11) is -8.65. The van der Waals surface area contributed by atoms with E-state index in [2.05, 4.69) is 13.8 Å². The van der Waals surface area contributed by atoms with Gasteiger partial charge in [0.15, 0.2) is 0 Å². The summed E-state index contributed by atoms with van der Waals surface area (Å²) in [4.78, 5) is -0.232. The van der Waals surface area contributed by atoms with Crippen molar-refractivity contribution < 1.29 is 45.4 Å². The molecule has 0 aliphatic carbocycles. The summed E-state index contributed by atoms with van der Waals surface area (Å²) in [6.45, 7) is 4.44. The van der Waals surface area contributed by atoms with E-state index in [0.29, 0.717) is 0 Å².